The molecule has 1 aliphatic heterocycles. The Balaban J connectivity index is 1.44. The van der Waals surface area contributed by atoms with Gasteiger partial charge in [0.05, 0.1) is 0 Å². The summed E-state index contributed by atoms with van der Waals surface area (Å²) in [6, 6.07) is 10.4. The van der Waals surface area contributed by atoms with Gasteiger partial charge in [-0.1, -0.05) is 49.4 Å². The summed E-state index contributed by atoms with van der Waals surface area (Å²) in [5.74, 6) is 2.97. The number of hydrogen-bond donors (Lipinski definition) is 1. The second-order valence-electron chi connectivity index (χ2n) is 5.87. The molecule has 0 spiro atoms. The Labute approximate surface area is 132 Å². The molecule has 1 aromatic carbocycles. The highest BCUT2D eigenvalue weighted by Gasteiger charge is 2.21. The lowest BCUT2D eigenvalue weighted by Gasteiger charge is -2.24. The summed E-state index contributed by atoms with van der Waals surface area (Å²) in [7, 11) is 0. The van der Waals surface area contributed by atoms with Crippen LogP contribution in [0.1, 0.15) is 30.6 Å². The Kier molecular flexibility index (Phi) is 5.01. The third kappa shape index (κ3) is 3.63. The zero-order chi connectivity index (χ0) is 15.2. The van der Waals surface area contributed by atoms with E-state index in [9.17, 15) is 0 Å². The van der Waals surface area contributed by atoms with Gasteiger partial charge >= 0.3 is 0 Å². The lowest BCUT2D eigenvalue weighted by atomic mass is 9.99. The van der Waals surface area contributed by atoms with E-state index in [1.54, 1.807) is 0 Å². The van der Waals surface area contributed by atoms with E-state index >= 15 is 0 Å². The molecule has 1 atom stereocenters. The molecule has 0 saturated heterocycles. The van der Waals surface area contributed by atoms with Gasteiger partial charge < -0.3 is 9.88 Å². The molecule has 2 heterocycles. The van der Waals surface area contributed by atoms with Crippen molar-refractivity contribution >= 4 is 6.08 Å². The first-order valence-electron chi connectivity index (χ1n) is 8.20. The summed E-state index contributed by atoms with van der Waals surface area (Å²) in [4.78, 5) is 0. The molecule has 1 N–H and O–H groups in total. The third-order valence-electron chi connectivity index (χ3n) is 4.24. The Morgan fingerprint density at radius 2 is 2.14 bits per heavy atom. The first kappa shape index (κ1) is 15.0. The van der Waals surface area contributed by atoms with Gasteiger partial charge in [-0.05, 0) is 24.4 Å². The minimum Gasteiger partial charge on any atom is -0.315 e. The molecule has 0 fully saturated rings. The van der Waals surface area contributed by atoms with Crippen molar-refractivity contribution in [3.8, 4) is 0 Å². The predicted molar refractivity (Wildman–Crippen MR) is 89.6 cm³/mol. The molecule has 116 valence electrons. The van der Waals surface area contributed by atoms with E-state index in [4.69, 9.17) is 0 Å². The molecule has 4 nitrogen and oxygen atoms in total. The van der Waals surface area contributed by atoms with Crippen molar-refractivity contribution in [1.29, 1.82) is 0 Å². The maximum atomic E-state index is 4.29. The molecule has 1 aliphatic rings. The second-order valence-corrected chi connectivity index (χ2v) is 5.87. The van der Waals surface area contributed by atoms with E-state index in [-0.39, 0.29) is 0 Å². The fourth-order valence-corrected chi connectivity index (χ4v) is 3.01. The van der Waals surface area contributed by atoms with Crippen molar-refractivity contribution in [2.75, 3.05) is 13.1 Å². The average Bonchev–Trinajstić information content (AvgIpc) is 2.98. The van der Waals surface area contributed by atoms with E-state index in [2.05, 4.69) is 63.4 Å². The van der Waals surface area contributed by atoms with Gasteiger partial charge in [0.15, 0.2) is 0 Å². The van der Waals surface area contributed by atoms with Crippen molar-refractivity contribution in [2.24, 2.45) is 5.92 Å². The van der Waals surface area contributed by atoms with Crippen LogP contribution < -0.4 is 5.32 Å². The first-order valence-corrected chi connectivity index (χ1v) is 8.20. The first-order chi connectivity index (χ1) is 10.9. The van der Waals surface area contributed by atoms with Crippen LogP contribution in [0.15, 0.2) is 36.4 Å². The molecule has 3 rings (SSSR count). The molecule has 2 aromatic rings. The van der Waals surface area contributed by atoms with Gasteiger partial charge in [-0.3, -0.25) is 0 Å². The summed E-state index contributed by atoms with van der Waals surface area (Å²) in [6.07, 6.45) is 7.59. The fraction of sp³-hybridized carbons (Fsp3) is 0.444. The Hall–Kier alpha value is -1.94. The van der Waals surface area contributed by atoms with Crippen molar-refractivity contribution in [3.05, 3.63) is 53.6 Å². The van der Waals surface area contributed by atoms with Crippen LogP contribution in [0.2, 0.25) is 0 Å². The second kappa shape index (κ2) is 7.36. The standard InChI is InChI=1S/C18H24N4/c1-2-17-20-21-18-11-10-16(14-22(17)18)13-19-12-6-9-15-7-4-3-5-8-15/h3-9,16,19H,2,10-14H2,1H3/b9-6-/t16-/m1/s1. The monoisotopic (exact) mass is 296 g/mol. The van der Waals surface area contributed by atoms with Crippen LogP contribution in [0, 0.1) is 5.92 Å². The average molecular weight is 296 g/mol. The fourth-order valence-electron chi connectivity index (χ4n) is 3.01. The largest absolute Gasteiger partial charge is 0.315 e. The summed E-state index contributed by atoms with van der Waals surface area (Å²) >= 11 is 0. The van der Waals surface area contributed by atoms with Crippen LogP contribution in [0.3, 0.4) is 0 Å². The molecule has 0 unspecified atom stereocenters. The number of aryl methyl sites for hydroxylation is 2. The van der Waals surface area contributed by atoms with Crippen molar-refractivity contribution in [1.82, 2.24) is 20.1 Å². The molecule has 0 radical (unpaired) electrons. The number of aromatic nitrogens is 3. The summed E-state index contributed by atoms with van der Waals surface area (Å²) in [5.41, 5.74) is 1.25. The van der Waals surface area contributed by atoms with E-state index < -0.39 is 0 Å². The zero-order valence-corrected chi connectivity index (χ0v) is 13.2. The predicted octanol–water partition coefficient (Wildman–Crippen LogP) is 2.71. The number of fused-ring (bicyclic) bond motifs is 1. The zero-order valence-electron chi connectivity index (χ0n) is 13.2. The lowest BCUT2D eigenvalue weighted by Crippen LogP contribution is -2.30. The topological polar surface area (TPSA) is 42.7 Å². The molecule has 0 aliphatic carbocycles. The highest BCUT2D eigenvalue weighted by molar-refractivity contribution is 5.48. The molecular formula is C18H24N4. The van der Waals surface area contributed by atoms with Crippen LogP contribution in [-0.2, 0) is 19.4 Å². The van der Waals surface area contributed by atoms with Gasteiger partial charge in [0.25, 0.3) is 0 Å². The summed E-state index contributed by atoms with van der Waals surface area (Å²) in [5, 5.41) is 12.1. The molecule has 0 saturated carbocycles. The molecule has 22 heavy (non-hydrogen) atoms. The Morgan fingerprint density at radius 3 is 2.95 bits per heavy atom. The van der Waals surface area contributed by atoms with Crippen LogP contribution >= 0.6 is 0 Å². The van der Waals surface area contributed by atoms with Gasteiger partial charge in [0.2, 0.25) is 0 Å². The smallest absolute Gasteiger partial charge is 0.133 e. The quantitative estimate of drug-likeness (QED) is 0.834. The number of nitrogens with one attached hydrogen (secondary N) is 1. The summed E-state index contributed by atoms with van der Waals surface area (Å²) in [6.45, 7) is 5.18. The maximum absolute atomic E-state index is 4.29. The Morgan fingerprint density at radius 1 is 1.27 bits per heavy atom. The minimum atomic E-state index is 0.680. The molecular weight excluding hydrogens is 272 g/mol. The van der Waals surface area contributed by atoms with E-state index in [1.165, 1.54) is 12.0 Å². The van der Waals surface area contributed by atoms with Crippen molar-refractivity contribution < 1.29 is 0 Å². The number of benzene rings is 1. The normalized spacial score (nSPS) is 17.8. The van der Waals surface area contributed by atoms with Gasteiger partial charge in [0, 0.05) is 25.9 Å². The number of hydrogen-bond acceptors (Lipinski definition) is 3. The highest BCUT2D eigenvalue weighted by atomic mass is 15.3. The van der Waals surface area contributed by atoms with E-state index in [0.29, 0.717) is 5.92 Å². The maximum Gasteiger partial charge on any atom is 0.133 e. The minimum absolute atomic E-state index is 0.680. The molecule has 1 aromatic heterocycles. The summed E-state index contributed by atoms with van der Waals surface area (Å²) < 4.78 is 2.32. The third-order valence-corrected chi connectivity index (χ3v) is 4.24. The Bertz CT molecular complexity index is 602. The van der Waals surface area contributed by atoms with Crippen LogP contribution in [0.4, 0.5) is 0 Å². The van der Waals surface area contributed by atoms with Gasteiger partial charge in [-0.15, -0.1) is 10.2 Å². The molecule has 0 bridgehead atoms. The van der Waals surface area contributed by atoms with Crippen LogP contribution in [-0.4, -0.2) is 27.9 Å². The van der Waals surface area contributed by atoms with Crippen LogP contribution in [0.25, 0.3) is 6.08 Å². The van der Waals surface area contributed by atoms with Gasteiger partial charge in [-0.25, -0.2) is 0 Å². The van der Waals surface area contributed by atoms with E-state index in [0.717, 1.165) is 44.1 Å². The van der Waals surface area contributed by atoms with Crippen LogP contribution in [0.5, 0.6) is 0 Å². The highest BCUT2D eigenvalue weighted by Crippen LogP contribution is 2.19. The number of rotatable bonds is 6. The lowest BCUT2D eigenvalue weighted by molar-refractivity contribution is 0.347. The van der Waals surface area contributed by atoms with Crippen molar-refractivity contribution in [2.45, 2.75) is 32.7 Å². The molecule has 4 heteroatoms. The molecule has 0 amide bonds. The number of nitrogens with zero attached hydrogens (tertiary/aromatic N) is 3. The van der Waals surface area contributed by atoms with Gasteiger partial charge in [0.1, 0.15) is 11.6 Å². The van der Waals surface area contributed by atoms with Crippen molar-refractivity contribution in [3.63, 3.8) is 0 Å². The van der Waals surface area contributed by atoms with Gasteiger partial charge in [-0.2, -0.15) is 0 Å². The van der Waals surface area contributed by atoms with E-state index in [1.807, 2.05) is 6.07 Å². The SMILES string of the molecule is CCc1nnc2n1C[C@@H](CNC/C=C\c1ccccc1)CC2.